The molecular formula is C34H51N7O. The number of nitriles is 1. The lowest BCUT2D eigenvalue weighted by atomic mass is 10.0. The maximum Gasteiger partial charge on any atom is 0.180 e. The summed E-state index contributed by atoms with van der Waals surface area (Å²) < 4.78 is 7.84. The number of piperidine rings is 1. The third-order valence-corrected chi connectivity index (χ3v) is 8.56. The molecule has 1 N–H and O–H groups in total. The minimum absolute atomic E-state index is 0.177. The number of aromatic nitrogens is 4. The second-order valence-corrected chi connectivity index (χ2v) is 11.9. The van der Waals surface area contributed by atoms with Gasteiger partial charge in [0.1, 0.15) is 29.5 Å². The fraction of sp³-hybridized carbons (Fsp3) is 0.647. The molecule has 1 aliphatic heterocycles. The van der Waals surface area contributed by atoms with Crippen molar-refractivity contribution in [2.75, 3.05) is 25.5 Å². The van der Waals surface area contributed by atoms with Gasteiger partial charge in [-0.3, -0.25) is 9.30 Å². The summed E-state index contributed by atoms with van der Waals surface area (Å²) in [4.78, 5) is 16.3. The van der Waals surface area contributed by atoms with E-state index in [1.165, 1.54) is 83.5 Å². The summed E-state index contributed by atoms with van der Waals surface area (Å²) in [5.74, 6) is 1.40. The van der Waals surface area contributed by atoms with E-state index in [0.717, 1.165) is 49.5 Å². The molecule has 0 spiro atoms. The topological polar surface area (TPSA) is 91.4 Å². The van der Waals surface area contributed by atoms with Crippen LogP contribution in [0.3, 0.4) is 0 Å². The summed E-state index contributed by atoms with van der Waals surface area (Å²) in [6, 6.07) is 8.03. The first-order valence-corrected chi connectivity index (χ1v) is 16.5. The highest BCUT2D eigenvalue weighted by Gasteiger charge is 2.26. The zero-order chi connectivity index (χ0) is 29.4. The zero-order valence-electron chi connectivity index (χ0n) is 25.9. The SMILES string of the molecule is CCCCCCCCCCCCCCCC(OC)N1CCC[C@@H](Nc2ccnc(-c3cnc4ccc(C#N)cn34)n2)C1. The van der Waals surface area contributed by atoms with Gasteiger partial charge in [0, 0.05) is 38.6 Å². The molecular weight excluding hydrogens is 522 g/mol. The largest absolute Gasteiger partial charge is 0.366 e. The summed E-state index contributed by atoms with van der Waals surface area (Å²) in [5, 5.41) is 13.0. The number of fused-ring (bicyclic) bond motifs is 1. The summed E-state index contributed by atoms with van der Waals surface area (Å²) >= 11 is 0. The second-order valence-electron chi connectivity index (χ2n) is 11.9. The number of nitrogens with one attached hydrogen (secondary N) is 1. The normalized spacial score (nSPS) is 16.5. The fourth-order valence-corrected chi connectivity index (χ4v) is 6.16. The maximum absolute atomic E-state index is 9.30. The molecule has 0 radical (unpaired) electrons. The molecule has 1 saturated heterocycles. The van der Waals surface area contributed by atoms with Crippen molar-refractivity contribution >= 4 is 11.5 Å². The van der Waals surface area contributed by atoms with Crippen LogP contribution in [0.25, 0.3) is 17.2 Å². The Morgan fingerprint density at radius 3 is 2.38 bits per heavy atom. The number of anilines is 1. The van der Waals surface area contributed by atoms with E-state index in [1.54, 1.807) is 24.7 Å². The smallest absolute Gasteiger partial charge is 0.180 e. The minimum Gasteiger partial charge on any atom is -0.366 e. The molecule has 8 nitrogen and oxygen atoms in total. The molecule has 3 aromatic rings. The number of likely N-dealkylation sites (tertiary alicyclic amines) is 1. The maximum atomic E-state index is 9.30. The van der Waals surface area contributed by atoms with Crippen molar-refractivity contribution in [3.63, 3.8) is 0 Å². The van der Waals surface area contributed by atoms with E-state index in [4.69, 9.17) is 9.72 Å². The standard InChI is InChI=1S/C34H51N7O/c1-3-4-5-6-7-8-9-10-11-12-13-14-15-18-33(42-2)40-23-16-17-29(27-40)38-31-21-22-36-34(39-31)30-25-37-32-20-19-28(24-35)26-41(30)32/h19-22,25-26,29,33H,3-18,23,27H2,1-2H3,(H,36,38,39)/t29-,33?/m1/s1. The third kappa shape index (κ3) is 9.78. The number of rotatable bonds is 19. The Balaban J connectivity index is 1.17. The van der Waals surface area contributed by atoms with Gasteiger partial charge in [-0.15, -0.1) is 0 Å². The molecule has 0 saturated carbocycles. The lowest BCUT2D eigenvalue weighted by molar-refractivity contribution is -0.0492. The van der Waals surface area contributed by atoms with Gasteiger partial charge in [-0.2, -0.15) is 5.26 Å². The highest BCUT2D eigenvalue weighted by Crippen LogP contribution is 2.23. The van der Waals surface area contributed by atoms with Gasteiger partial charge in [-0.25, -0.2) is 15.0 Å². The molecule has 42 heavy (non-hydrogen) atoms. The average molecular weight is 574 g/mol. The van der Waals surface area contributed by atoms with Crippen LogP contribution in [0, 0.1) is 11.3 Å². The molecule has 0 bridgehead atoms. The molecule has 0 aliphatic carbocycles. The first-order valence-electron chi connectivity index (χ1n) is 16.5. The average Bonchev–Trinajstić information content (AvgIpc) is 3.45. The lowest BCUT2D eigenvalue weighted by Gasteiger charge is -2.38. The van der Waals surface area contributed by atoms with Crippen LogP contribution in [-0.4, -0.2) is 56.7 Å². The van der Waals surface area contributed by atoms with Crippen LogP contribution in [0.5, 0.6) is 0 Å². The molecule has 1 fully saturated rings. The van der Waals surface area contributed by atoms with Crippen LogP contribution in [0.15, 0.2) is 36.8 Å². The number of imidazole rings is 1. The Bertz CT molecular complexity index is 1240. The predicted octanol–water partition coefficient (Wildman–Crippen LogP) is 7.99. The van der Waals surface area contributed by atoms with Gasteiger partial charge >= 0.3 is 0 Å². The van der Waals surface area contributed by atoms with Gasteiger partial charge in [0.2, 0.25) is 0 Å². The van der Waals surface area contributed by atoms with E-state index >= 15 is 0 Å². The van der Waals surface area contributed by atoms with Crippen molar-refractivity contribution in [2.24, 2.45) is 0 Å². The van der Waals surface area contributed by atoms with Gasteiger partial charge in [-0.05, 0) is 43.9 Å². The summed E-state index contributed by atoms with van der Waals surface area (Å²) in [7, 11) is 1.86. The molecule has 1 aliphatic rings. The molecule has 3 aromatic heterocycles. The van der Waals surface area contributed by atoms with Crippen molar-refractivity contribution in [3.8, 4) is 17.6 Å². The van der Waals surface area contributed by atoms with Crippen LogP contribution in [0.2, 0.25) is 0 Å². The van der Waals surface area contributed by atoms with E-state index in [2.05, 4.69) is 33.2 Å². The number of pyridine rings is 1. The van der Waals surface area contributed by atoms with Crippen molar-refractivity contribution in [1.82, 2.24) is 24.3 Å². The van der Waals surface area contributed by atoms with Crippen LogP contribution >= 0.6 is 0 Å². The zero-order valence-corrected chi connectivity index (χ0v) is 25.9. The first kappa shape index (κ1) is 31.9. The van der Waals surface area contributed by atoms with Crippen molar-refractivity contribution < 1.29 is 4.74 Å². The molecule has 0 amide bonds. The predicted molar refractivity (Wildman–Crippen MR) is 170 cm³/mol. The lowest BCUT2D eigenvalue weighted by Crippen LogP contribution is -2.48. The van der Waals surface area contributed by atoms with Crippen molar-refractivity contribution in [1.29, 1.82) is 5.26 Å². The Kier molecular flexibility index (Phi) is 13.5. The Morgan fingerprint density at radius 1 is 0.976 bits per heavy atom. The van der Waals surface area contributed by atoms with Gasteiger partial charge in [0.05, 0.1) is 11.8 Å². The third-order valence-electron chi connectivity index (χ3n) is 8.56. The fourth-order valence-electron chi connectivity index (χ4n) is 6.16. The number of unbranched alkanes of at least 4 members (excludes halogenated alkanes) is 12. The van der Waals surface area contributed by atoms with E-state index in [0.29, 0.717) is 17.4 Å². The number of ether oxygens (including phenoxy) is 1. The molecule has 8 heteroatoms. The van der Waals surface area contributed by atoms with Gasteiger partial charge in [0.25, 0.3) is 0 Å². The minimum atomic E-state index is 0.177. The highest BCUT2D eigenvalue weighted by atomic mass is 16.5. The van der Waals surface area contributed by atoms with E-state index in [1.807, 2.05) is 23.6 Å². The Hall–Kier alpha value is -3.02. The Morgan fingerprint density at radius 2 is 1.69 bits per heavy atom. The number of nitrogens with zero attached hydrogens (tertiary/aromatic N) is 6. The van der Waals surface area contributed by atoms with Gasteiger partial charge < -0.3 is 10.1 Å². The van der Waals surface area contributed by atoms with Crippen molar-refractivity contribution in [3.05, 3.63) is 42.4 Å². The molecule has 228 valence electrons. The summed E-state index contributed by atoms with van der Waals surface area (Å²) in [6.07, 6.45) is 26.8. The van der Waals surface area contributed by atoms with Crippen LogP contribution < -0.4 is 5.32 Å². The monoisotopic (exact) mass is 573 g/mol. The summed E-state index contributed by atoms with van der Waals surface area (Å²) in [6.45, 7) is 4.30. The van der Waals surface area contributed by atoms with E-state index in [-0.39, 0.29) is 6.23 Å². The Labute approximate surface area is 252 Å². The van der Waals surface area contributed by atoms with Crippen LogP contribution in [0.4, 0.5) is 5.82 Å². The molecule has 0 aromatic carbocycles. The highest BCUT2D eigenvalue weighted by molar-refractivity contribution is 5.59. The molecule has 2 atom stereocenters. The number of hydrogen-bond donors (Lipinski definition) is 1. The number of methoxy groups -OCH3 is 1. The van der Waals surface area contributed by atoms with Gasteiger partial charge in [0.15, 0.2) is 5.82 Å². The first-order chi connectivity index (χ1) is 20.7. The molecule has 4 rings (SSSR count). The van der Waals surface area contributed by atoms with Crippen LogP contribution in [0.1, 0.15) is 115 Å². The quantitative estimate of drug-likeness (QED) is 0.145. The number of hydrogen-bond acceptors (Lipinski definition) is 7. The summed E-state index contributed by atoms with van der Waals surface area (Å²) in [5.41, 5.74) is 2.11. The van der Waals surface area contributed by atoms with Gasteiger partial charge in [-0.1, -0.05) is 84.0 Å². The van der Waals surface area contributed by atoms with E-state index < -0.39 is 0 Å². The van der Waals surface area contributed by atoms with Crippen molar-refractivity contribution in [2.45, 2.75) is 122 Å². The molecule has 1 unspecified atom stereocenters. The van der Waals surface area contributed by atoms with E-state index in [9.17, 15) is 5.26 Å². The second kappa shape index (κ2) is 17.8. The molecule has 4 heterocycles. The van der Waals surface area contributed by atoms with Crippen LogP contribution in [-0.2, 0) is 4.74 Å².